The van der Waals surface area contributed by atoms with Gasteiger partial charge in [0.1, 0.15) is 0 Å². The first-order valence-corrected chi connectivity index (χ1v) is 12.5. The molecule has 10 heteroatoms. The molecule has 0 aromatic carbocycles. The third kappa shape index (κ3) is 5.04. The first kappa shape index (κ1) is 23.7. The summed E-state index contributed by atoms with van der Waals surface area (Å²) in [5.74, 6) is 1.37. The van der Waals surface area contributed by atoms with E-state index in [0.29, 0.717) is 24.9 Å². The summed E-state index contributed by atoms with van der Waals surface area (Å²) >= 11 is 0. The Hall–Kier alpha value is -2.98. The van der Waals surface area contributed by atoms with Gasteiger partial charge in [0.15, 0.2) is 0 Å². The van der Waals surface area contributed by atoms with Crippen LogP contribution in [0, 0.1) is 5.92 Å². The number of rotatable bonds is 8. The fourth-order valence-electron chi connectivity index (χ4n) is 5.43. The molecule has 3 aromatic heterocycles. The lowest BCUT2D eigenvalue weighted by Crippen LogP contribution is -2.23. The lowest BCUT2D eigenvalue weighted by atomic mass is 9.85. The maximum Gasteiger partial charge on any atom is 0.241 e. The van der Waals surface area contributed by atoms with Crippen molar-refractivity contribution in [1.82, 2.24) is 29.3 Å². The van der Waals surface area contributed by atoms with E-state index in [-0.39, 0.29) is 24.0 Å². The first-order valence-electron chi connectivity index (χ1n) is 12.5. The highest BCUT2D eigenvalue weighted by Gasteiger charge is 2.28. The summed E-state index contributed by atoms with van der Waals surface area (Å²) in [5, 5.41) is 22.8. The molecule has 2 aliphatic rings. The molecule has 1 saturated carbocycles. The predicted octanol–water partition coefficient (Wildman–Crippen LogP) is 2.54. The Bertz CT molecular complexity index is 1180. The number of nitrogens with one attached hydrogen (secondary N) is 1. The van der Waals surface area contributed by atoms with Crippen molar-refractivity contribution in [3.05, 3.63) is 30.4 Å². The van der Waals surface area contributed by atoms with Gasteiger partial charge in [-0.25, -0.2) is 9.50 Å². The molecule has 0 spiro atoms. The van der Waals surface area contributed by atoms with Crippen LogP contribution in [0.25, 0.3) is 16.6 Å². The summed E-state index contributed by atoms with van der Waals surface area (Å²) in [7, 11) is 3.54. The number of anilines is 1. The normalized spacial score (nSPS) is 23.8. The van der Waals surface area contributed by atoms with Gasteiger partial charge in [0.2, 0.25) is 11.9 Å². The van der Waals surface area contributed by atoms with Gasteiger partial charge in [-0.3, -0.25) is 9.48 Å². The van der Waals surface area contributed by atoms with Crippen LogP contribution in [-0.4, -0.2) is 79.7 Å². The molecule has 1 aliphatic carbocycles. The van der Waals surface area contributed by atoms with E-state index in [9.17, 15) is 9.90 Å². The number of hydrogen-bond acceptors (Lipinski definition) is 7. The zero-order valence-electron chi connectivity index (χ0n) is 20.7. The minimum atomic E-state index is -0.210. The molecule has 35 heavy (non-hydrogen) atoms. The van der Waals surface area contributed by atoms with Crippen LogP contribution in [0.2, 0.25) is 0 Å². The Morgan fingerprint density at radius 1 is 1.26 bits per heavy atom. The van der Waals surface area contributed by atoms with Gasteiger partial charge in [0.25, 0.3) is 0 Å². The van der Waals surface area contributed by atoms with Gasteiger partial charge in [-0.1, -0.05) is 0 Å². The van der Waals surface area contributed by atoms with E-state index in [0.717, 1.165) is 61.1 Å². The molecule has 1 saturated heterocycles. The molecule has 1 aliphatic heterocycles. The summed E-state index contributed by atoms with van der Waals surface area (Å²) in [6.45, 7) is 4.09. The number of fused-ring (bicyclic) bond motifs is 1. The molecule has 2 fully saturated rings. The number of nitrogens with zero attached hydrogens (tertiary/aromatic N) is 6. The number of aliphatic hydroxyl groups is 1. The van der Waals surface area contributed by atoms with Crippen LogP contribution in [0.1, 0.15) is 50.6 Å². The average molecular weight is 482 g/mol. The minimum absolute atomic E-state index is 0.0838. The van der Waals surface area contributed by atoms with Gasteiger partial charge in [0, 0.05) is 74.6 Å². The second-order valence-electron chi connectivity index (χ2n) is 10.2. The molecule has 0 bridgehead atoms. The third-order valence-corrected chi connectivity index (χ3v) is 7.26. The number of carbonyl (C=O) groups excluding carboxylic acids is 1. The van der Waals surface area contributed by atoms with E-state index < -0.39 is 0 Å². The number of aromatic nitrogens is 5. The van der Waals surface area contributed by atoms with Crippen molar-refractivity contribution in [1.29, 1.82) is 0 Å². The molecule has 4 heterocycles. The summed E-state index contributed by atoms with van der Waals surface area (Å²) in [5.41, 5.74) is 4.14. The second kappa shape index (κ2) is 9.94. The van der Waals surface area contributed by atoms with Gasteiger partial charge in [0.05, 0.1) is 30.6 Å². The Balaban J connectivity index is 1.46. The van der Waals surface area contributed by atoms with Crippen molar-refractivity contribution >= 4 is 17.4 Å². The summed E-state index contributed by atoms with van der Waals surface area (Å²) in [6.07, 6.45) is 9.65. The van der Waals surface area contributed by atoms with Gasteiger partial charge < -0.3 is 20.1 Å². The van der Waals surface area contributed by atoms with E-state index >= 15 is 0 Å². The monoisotopic (exact) mass is 481 g/mol. The second-order valence-corrected chi connectivity index (χ2v) is 10.2. The Labute approximate surface area is 205 Å². The summed E-state index contributed by atoms with van der Waals surface area (Å²) < 4.78 is 9.19. The number of likely N-dealkylation sites (tertiary alicyclic amines) is 1. The quantitative estimate of drug-likeness (QED) is 0.509. The van der Waals surface area contributed by atoms with Crippen molar-refractivity contribution in [2.24, 2.45) is 5.92 Å². The van der Waals surface area contributed by atoms with Gasteiger partial charge >= 0.3 is 0 Å². The van der Waals surface area contributed by atoms with Crippen LogP contribution < -0.4 is 5.32 Å². The molecule has 0 unspecified atom stereocenters. The van der Waals surface area contributed by atoms with E-state index in [1.807, 2.05) is 35.6 Å². The zero-order valence-corrected chi connectivity index (χ0v) is 20.7. The highest BCUT2D eigenvalue weighted by Crippen LogP contribution is 2.37. The van der Waals surface area contributed by atoms with Crippen molar-refractivity contribution < 1.29 is 14.6 Å². The van der Waals surface area contributed by atoms with Crippen molar-refractivity contribution in [3.63, 3.8) is 0 Å². The smallest absolute Gasteiger partial charge is 0.241 e. The molecule has 1 amide bonds. The molecule has 0 radical (unpaired) electrons. The SMILES string of the molecule is COC[C@H](C)Nc1ncc2c(-c3cnn(C[C@H]4CC(=O)N(C)C4)c3)cc([C@H]3CC[C@H](O)CC3)n2n1. The minimum Gasteiger partial charge on any atom is -0.393 e. The van der Waals surface area contributed by atoms with E-state index in [2.05, 4.69) is 27.7 Å². The standard InChI is InChI=1S/C25H35N7O3/c1-16(15-35-3)28-25-26-11-23-21(9-22(32(23)29-25)18-4-6-20(33)7-5-18)19-10-27-31(14-19)13-17-8-24(34)30(2)12-17/h9-11,14,16-18,20,33H,4-8,12-13,15H2,1-3H3,(H,28,29)/t16-,17-,18-,20-/m0/s1. The van der Waals surface area contributed by atoms with Crippen LogP contribution in [0.5, 0.6) is 0 Å². The van der Waals surface area contributed by atoms with E-state index in [4.69, 9.17) is 9.84 Å². The Morgan fingerprint density at radius 3 is 2.77 bits per heavy atom. The van der Waals surface area contributed by atoms with Crippen LogP contribution in [0.15, 0.2) is 24.7 Å². The molecule has 3 aromatic rings. The van der Waals surface area contributed by atoms with Gasteiger partial charge in [-0.15, -0.1) is 5.10 Å². The molecule has 5 rings (SSSR count). The van der Waals surface area contributed by atoms with Crippen molar-refractivity contribution in [2.45, 2.75) is 63.6 Å². The van der Waals surface area contributed by atoms with Crippen molar-refractivity contribution in [2.75, 3.05) is 32.6 Å². The molecule has 188 valence electrons. The maximum atomic E-state index is 11.9. The van der Waals surface area contributed by atoms with E-state index in [1.54, 1.807) is 12.0 Å². The van der Waals surface area contributed by atoms with Crippen LogP contribution in [0.4, 0.5) is 5.95 Å². The largest absolute Gasteiger partial charge is 0.393 e. The highest BCUT2D eigenvalue weighted by molar-refractivity contribution is 5.81. The Morgan fingerprint density at radius 2 is 2.06 bits per heavy atom. The van der Waals surface area contributed by atoms with E-state index in [1.165, 1.54) is 0 Å². The van der Waals surface area contributed by atoms with Gasteiger partial charge in [-0.2, -0.15) is 5.10 Å². The maximum absolute atomic E-state index is 11.9. The number of methoxy groups -OCH3 is 1. The highest BCUT2D eigenvalue weighted by atomic mass is 16.5. The number of carbonyl (C=O) groups is 1. The van der Waals surface area contributed by atoms with Crippen molar-refractivity contribution in [3.8, 4) is 11.1 Å². The molecular formula is C25H35N7O3. The molecule has 10 nitrogen and oxygen atoms in total. The van der Waals surface area contributed by atoms with Gasteiger partial charge in [-0.05, 0) is 38.7 Å². The topological polar surface area (TPSA) is 110 Å². The average Bonchev–Trinajstić information content (AvgIpc) is 3.52. The van der Waals surface area contributed by atoms with Crippen LogP contribution in [-0.2, 0) is 16.1 Å². The third-order valence-electron chi connectivity index (χ3n) is 7.26. The van der Waals surface area contributed by atoms with Crippen LogP contribution in [0.3, 0.4) is 0 Å². The molecular weight excluding hydrogens is 446 g/mol. The number of ether oxygens (including phenoxy) is 1. The number of hydrogen-bond donors (Lipinski definition) is 2. The predicted molar refractivity (Wildman–Crippen MR) is 132 cm³/mol. The fourth-order valence-corrected chi connectivity index (χ4v) is 5.43. The zero-order chi connectivity index (χ0) is 24.5. The molecule has 2 atom stereocenters. The first-order chi connectivity index (χ1) is 16.9. The number of amides is 1. The lowest BCUT2D eigenvalue weighted by molar-refractivity contribution is -0.126. The lowest BCUT2D eigenvalue weighted by Gasteiger charge is -2.25. The summed E-state index contributed by atoms with van der Waals surface area (Å²) in [6, 6.07) is 2.30. The summed E-state index contributed by atoms with van der Waals surface area (Å²) in [4.78, 5) is 18.3. The van der Waals surface area contributed by atoms with Crippen LogP contribution >= 0.6 is 0 Å². The fraction of sp³-hybridized carbons (Fsp3) is 0.600. The molecule has 2 N–H and O–H groups in total. The number of aliphatic hydroxyl groups excluding tert-OH is 1. The Kier molecular flexibility index (Phi) is 6.75.